The largest absolute Gasteiger partial charge is 0.490 e. The molecule has 2 aromatic rings. The number of nitrogens with one attached hydrogen (secondary N) is 1. The SMILES string of the molecule is CCCNCc1cn(CCOc2cncc(Cl)c2)nn1. The second kappa shape index (κ2) is 7.81. The van der Waals surface area contributed by atoms with E-state index in [1.807, 2.05) is 6.20 Å². The molecule has 108 valence electrons. The van der Waals surface area contributed by atoms with Gasteiger partial charge in [-0.1, -0.05) is 23.7 Å². The number of aromatic nitrogens is 4. The molecule has 0 spiro atoms. The Hall–Kier alpha value is -1.66. The van der Waals surface area contributed by atoms with Crippen molar-refractivity contribution in [3.05, 3.63) is 35.4 Å². The van der Waals surface area contributed by atoms with Crippen molar-refractivity contribution in [1.82, 2.24) is 25.3 Å². The molecule has 0 amide bonds. The predicted molar refractivity (Wildman–Crippen MR) is 76.8 cm³/mol. The Morgan fingerprint density at radius 1 is 1.40 bits per heavy atom. The summed E-state index contributed by atoms with van der Waals surface area (Å²) in [4.78, 5) is 3.96. The molecule has 2 aromatic heterocycles. The highest BCUT2D eigenvalue weighted by Gasteiger charge is 2.01. The Kier molecular flexibility index (Phi) is 5.76. The van der Waals surface area contributed by atoms with Crippen LogP contribution in [-0.2, 0) is 13.1 Å². The molecule has 0 saturated carbocycles. The predicted octanol–water partition coefficient (Wildman–Crippen LogP) is 1.91. The van der Waals surface area contributed by atoms with E-state index < -0.39 is 0 Å². The lowest BCUT2D eigenvalue weighted by Crippen LogP contribution is -2.14. The highest BCUT2D eigenvalue weighted by atomic mass is 35.5. The summed E-state index contributed by atoms with van der Waals surface area (Å²) in [5.41, 5.74) is 0.933. The van der Waals surface area contributed by atoms with Gasteiger partial charge in [-0.3, -0.25) is 4.98 Å². The molecule has 0 aliphatic carbocycles. The van der Waals surface area contributed by atoms with Gasteiger partial charge in [-0.05, 0) is 13.0 Å². The molecule has 6 nitrogen and oxygen atoms in total. The van der Waals surface area contributed by atoms with Crippen molar-refractivity contribution in [2.45, 2.75) is 26.4 Å². The van der Waals surface area contributed by atoms with Crippen LogP contribution in [0.4, 0.5) is 0 Å². The molecule has 1 N–H and O–H groups in total. The van der Waals surface area contributed by atoms with E-state index in [-0.39, 0.29) is 0 Å². The standard InChI is InChI=1S/C13H18ClN5O/c1-2-3-15-8-12-10-19(18-17-12)4-5-20-13-6-11(14)7-16-9-13/h6-7,9-10,15H,2-5,8H2,1H3. The van der Waals surface area contributed by atoms with Gasteiger partial charge in [-0.2, -0.15) is 0 Å². The van der Waals surface area contributed by atoms with Gasteiger partial charge in [0.25, 0.3) is 0 Å². The van der Waals surface area contributed by atoms with Crippen LogP contribution in [0.2, 0.25) is 5.02 Å². The first kappa shape index (κ1) is 14.7. The van der Waals surface area contributed by atoms with Crippen LogP contribution in [0.1, 0.15) is 19.0 Å². The molecule has 0 bridgehead atoms. The Balaban J connectivity index is 1.74. The minimum absolute atomic E-state index is 0.493. The van der Waals surface area contributed by atoms with Gasteiger partial charge in [0.15, 0.2) is 0 Å². The first-order valence-corrected chi connectivity index (χ1v) is 6.99. The van der Waals surface area contributed by atoms with Crippen LogP contribution in [0.15, 0.2) is 24.7 Å². The number of pyridine rings is 1. The van der Waals surface area contributed by atoms with Crippen molar-refractivity contribution in [2.75, 3.05) is 13.2 Å². The van der Waals surface area contributed by atoms with Crippen molar-refractivity contribution in [1.29, 1.82) is 0 Å². The smallest absolute Gasteiger partial charge is 0.139 e. The van der Waals surface area contributed by atoms with Gasteiger partial charge in [0, 0.05) is 25.0 Å². The molecule has 2 rings (SSSR count). The molecule has 2 heterocycles. The van der Waals surface area contributed by atoms with Gasteiger partial charge < -0.3 is 10.1 Å². The van der Waals surface area contributed by atoms with Crippen LogP contribution < -0.4 is 10.1 Å². The summed E-state index contributed by atoms with van der Waals surface area (Å²) in [6.07, 6.45) is 6.23. The Labute approximate surface area is 123 Å². The van der Waals surface area contributed by atoms with Crippen molar-refractivity contribution >= 4 is 11.6 Å². The Morgan fingerprint density at radius 2 is 2.30 bits per heavy atom. The van der Waals surface area contributed by atoms with Crippen molar-refractivity contribution < 1.29 is 4.74 Å². The Bertz CT molecular complexity index is 531. The van der Waals surface area contributed by atoms with Crippen LogP contribution in [0, 0.1) is 0 Å². The first-order chi connectivity index (χ1) is 9.78. The average molecular weight is 296 g/mol. The average Bonchev–Trinajstić information content (AvgIpc) is 2.87. The number of hydrogen-bond acceptors (Lipinski definition) is 5. The van der Waals surface area contributed by atoms with Gasteiger partial charge in [0.2, 0.25) is 0 Å². The number of halogens is 1. The molecular formula is C13H18ClN5O. The summed E-state index contributed by atoms with van der Waals surface area (Å²) < 4.78 is 7.31. The van der Waals surface area contributed by atoms with E-state index in [9.17, 15) is 0 Å². The molecule has 0 saturated heterocycles. The van der Waals surface area contributed by atoms with Crippen molar-refractivity contribution in [3.8, 4) is 5.75 Å². The lowest BCUT2D eigenvalue weighted by atomic mass is 10.4. The second-order valence-corrected chi connectivity index (χ2v) is 4.77. The fourth-order valence-corrected chi connectivity index (χ4v) is 1.81. The zero-order chi connectivity index (χ0) is 14.2. The highest BCUT2D eigenvalue weighted by Crippen LogP contribution is 2.14. The van der Waals surface area contributed by atoms with Gasteiger partial charge in [-0.25, -0.2) is 4.68 Å². The number of hydrogen-bond donors (Lipinski definition) is 1. The minimum atomic E-state index is 0.493. The third-order valence-corrected chi connectivity index (χ3v) is 2.79. The van der Waals surface area contributed by atoms with E-state index in [4.69, 9.17) is 16.3 Å². The van der Waals surface area contributed by atoms with E-state index in [1.165, 1.54) is 0 Å². The molecule has 0 unspecified atom stereocenters. The lowest BCUT2D eigenvalue weighted by molar-refractivity contribution is 0.288. The molecule has 0 atom stereocenters. The summed E-state index contributed by atoms with van der Waals surface area (Å²) >= 11 is 5.83. The van der Waals surface area contributed by atoms with Gasteiger partial charge in [-0.15, -0.1) is 5.10 Å². The Morgan fingerprint density at radius 3 is 3.10 bits per heavy atom. The quantitative estimate of drug-likeness (QED) is 0.754. The van der Waals surface area contributed by atoms with Crippen molar-refractivity contribution in [2.24, 2.45) is 0 Å². The topological polar surface area (TPSA) is 64.9 Å². The molecule has 0 aromatic carbocycles. The minimum Gasteiger partial charge on any atom is -0.490 e. The number of nitrogens with zero attached hydrogens (tertiary/aromatic N) is 4. The summed E-state index contributed by atoms with van der Waals surface area (Å²) in [6.45, 7) is 4.98. The molecule has 0 fully saturated rings. The summed E-state index contributed by atoms with van der Waals surface area (Å²) in [7, 11) is 0. The molecule has 0 aliphatic rings. The number of rotatable bonds is 8. The fourth-order valence-electron chi connectivity index (χ4n) is 1.65. The molecule has 0 aliphatic heterocycles. The summed E-state index contributed by atoms with van der Waals surface area (Å²) in [5.74, 6) is 0.655. The maximum Gasteiger partial charge on any atom is 0.139 e. The summed E-state index contributed by atoms with van der Waals surface area (Å²) in [5, 5.41) is 12.0. The zero-order valence-electron chi connectivity index (χ0n) is 11.4. The van der Waals surface area contributed by atoms with Gasteiger partial charge >= 0.3 is 0 Å². The van der Waals surface area contributed by atoms with Crippen LogP contribution in [0.5, 0.6) is 5.75 Å². The highest BCUT2D eigenvalue weighted by molar-refractivity contribution is 6.30. The van der Waals surface area contributed by atoms with Gasteiger partial charge in [0.05, 0.1) is 23.5 Å². The maximum atomic E-state index is 5.83. The van der Waals surface area contributed by atoms with Crippen LogP contribution >= 0.6 is 11.6 Å². The molecule has 7 heteroatoms. The molecular weight excluding hydrogens is 278 g/mol. The van der Waals surface area contributed by atoms with Crippen LogP contribution in [0.25, 0.3) is 0 Å². The maximum absolute atomic E-state index is 5.83. The lowest BCUT2D eigenvalue weighted by Gasteiger charge is -2.05. The van der Waals surface area contributed by atoms with E-state index >= 15 is 0 Å². The fraction of sp³-hybridized carbons (Fsp3) is 0.462. The van der Waals surface area contributed by atoms with E-state index in [0.29, 0.717) is 23.9 Å². The normalized spacial score (nSPS) is 10.7. The van der Waals surface area contributed by atoms with E-state index in [2.05, 4.69) is 27.5 Å². The number of ether oxygens (including phenoxy) is 1. The van der Waals surface area contributed by atoms with Crippen LogP contribution in [0.3, 0.4) is 0 Å². The zero-order valence-corrected chi connectivity index (χ0v) is 12.2. The first-order valence-electron chi connectivity index (χ1n) is 6.61. The van der Waals surface area contributed by atoms with E-state index in [1.54, 1.807) is 23.1 Å². The molecule has 0 radical (unpaired) electrons. The molecule has 20 heavy (non-hydrogen) atoms. The van der Waals surface area contributed by atoms with Crippen molar-refractivity contribution in [3.63, 3.8) is 0 Å². The van der Waals surface area contributed by atoms with E-state index in [0.717, 1.165) is 25.2 Å². The van der Waals surface area contributed by atoms with Crippen LogP contribution in [-0.4, -0.2) is 33.1 Å². The third-order valence-electron chi connectivity index (χ3n) is 2.59. The summed E-state index contributed by atoms with van der Waals surface area (Å²) in [6, 6.07) is 1.73. The second-order valence-electron chi connectivity index (χ2n) is 4.34. The van der Waals surface area contributed by atoms with Gasteiger partial charge in [0.1, 0.15) is 12.4 Å². The monoisotopic (exact) mass is 295 g/mol. The third kappa shape index (κ3) is 4.79.